The normalized spacial score (nSPS) is 12.1. The predicted octanol–water partition coefficient (Wildman–Crippen LogP) is 2.14. The third kappa shape index (κ3) is 4.98. The number of aromatic nitrogens is 2. The van der Waals surface area contributed by atoms with Gasteiger partial charge in [0.1, 0.15) is 11.4 Å². The number of anilines is 1. The van der Waals surface area contributed by atoms with Crippen LogP contribution in [-0.4, -0.2) is 21.7 Å². The van der Waals surface area contributed by atoms with Gasteiger partial charge in [0.25, 0.3) is 5.56 Å². The second kappa shape index (κ2) is 4.90. The van der Waals surface area contributed by atoms with E-state index in [1.165, 1.54) is 4.98 Å². The number of amides is 1. The number of ether oxygens (including phenoxy) is 1. The molecular weight excluding hydrogens is 267 g/mol. The standard InChI is InChI=1S/C10H12F3N3O3/c1-9(2,3)19-8(18)15-5-4-6(17)16-7(14-5)10(11,12)13/h4H,1-3H3,(H2,14,15,16,17,18). The molecule has 0 bridgehead atoms. The van der Waals surface area contributed by atoms with Crippen molar-refractivity contribution in [2.24, 2.45) is 0 Å². The van der Waals surface area contributed by atoms with Gasteiger partial charge in [-0.3, -0.25) is 10.1 Å². The molecule has 0 aliphatic carbocycles. The molecule has 6 nitrogen and oxygen atoms in total. The monoisotopic (exact) mass is 279 g/mol. The molecule has 0 saturated carbocycles. The highest BCUT2D eigenvalue weighted by Gasteiger charge is 2.34. The summed E-state index contributed by atoms with van der Waals surface area (Å²) in [6, 6.07) is 0.721. The van der Waals surface area contributed by atoms with Crippen LogP contribution < -0.4 is 10.9 Å². The van der Waals surface area contributed by atoms with Crippen molar-refractivity contribution in [3.63, 3.8) is 0 Å². The zero-order chi connectivity index (χ0) is 14.8. The maximum Gasteiger partial charge on any atom is 0.449 e. The van der Waals surface area contributed by atoms with E-state index in [1.54, 1.807) is 20.8 Å². The van der Waals surface area contributed by atoms with Crippen molar-refractivity contribution < 1.29 is 22.7 Å². The number of nitrogens with one attached hydrogen (secondary N) is 2. The number of alkyl halides is 3. The van der Waals surface area contributed by atoms with Crippen LogP contribution in [0.3, 0.4) is 0 Å². The average molecular weight is 279 g/mol. The molecule has 1 aromatic rings. The molecule has 9 heteroatoms. The van der Waals surface area contributed by atoms with Crippen LogP contribution >= 0.6 is 0 Å². The van der Waals surface area contributed by atoms with Crippen molar-refractivity contribution in [2.75, 3.05) is 5.32 Å². The molecule has 0 atom stereocenters. The Morgan fingerprint density at radius 1 is 1.37 bits per heavy atom. The number of carbonyl (C=O) groups is 1. The predicted molar refractivity (Wildman–Crippen MR) is 59.7 cm³/mol. The number of carbonyl (C=O) groups excluding carboxylic acids is 1. The molecule has 0 aliphatic rings. The lowest BCUT2D eigenvalue weighted by molar-refractivity contribution is -0.145. The van der Waals surface area contributed by atoms with Crippen LogP contribution in [0.2, 0.25) is 0 Å². The van der Waals surface area contributed by atoms with E-state index in [9.17, 15) is 22.8 Å². The molecule has 106 valence electrons. The molecule has 0 unspecified atom stereocenters. The zero-order valence-corrected chi connectivity index (χ0v) is 10.4. The highest BCUT2D eigenvalue weighted by molar-refractivity contribution is 5.83. The quantitative estimate of drug-likeness (QED) is 0.824. The van der Waals surface area contributed by atoms with Gasteiger partial charge in [-0.15, -0.1) is 0 Å². The molecule has 0 fully saturated rings. The highest BCUT2D eigenvalue weighted by atomic mass is 19.4. The molecule has 19 heavy (non-hydrogen) atoms. The summed E-state index contributed by atoms with van der Waals surface area (Å²) in [5.41, 5.74) is -1.86. The Balaban J connectivity index is 2.94. The van der Waals surface area contributed by atoms with Crippen LogP contribution in [0.1, 0.15) is 26.6 Å². The topological polar surface area (TPSA) is 84.1 Å². The third-order valence-electron chi connectivity index (χ3n) is 1.64. The summed E-state index contributed by atoms with van der Waals surface area (Å²) >= 11 is 0. The summed E-state index contributed by atoms with van der Waals surface area (Å²) < 4.78 is 42.0. The Hall–Kier alpha value is -2.06. The minimum atomic E-state index is -4.81. The first kappa shape index (κ1) is 15.0. The van der Waals surface area contributed by atoms with Crippen LogP contribution in [-0.2, 0) is 10.9 Å². The molecule has 0 aromatic carbocycles. The SMILES string of the molecule is CC(C)(C)OC(=O)Nc1cc(=O)[nH]c(C(F)(F)F)n1. The van der Waals surface area contributed by atoms with Gasteiger partial charge in [0.15, 0.2) is 0 Å². The lowest BCUT2D eigenvalue weighted by Crippen LogP contribution is -2.28. The molecule has 1 heterocycles. The van der Waals surface area contributed by atoms with Gasteiger partial charge in [0.05, 0.1) is 0 Å². The van der Waals surface area contributed by atoms with Gasteiger partial charge in [0.2, 0.25) is 5.82 Å². The van der Waals surface area contributed by atoms with Gasteiger partial charge in [0, 0.05) is 6.07 Å². The van der Waals surface area contributed by atoms with E-state index in [0.29, 0.717) is 0 Å². The second-order valence-electron chi connectivity index (χ2n) is 4.60. The first-order valence-electron chi connectivity index (χ1n) is 5.16. The fourth-order valence-corrected chi connectivity index (χ4v) is 1.06. The smallest absolute Gasteiger partial charge is 0.444 e. The van der Waals surface area contributed by atoms with Crippen molar-refractivity contribution in [1.29, 1.82) is 0 Å². The Labute approximate surface area is 106 Å². The second-order valence-corrected chi connectivity index (χ2v) is 4.60. The van der Waals surface area contributed by atoms with E-state index < -0.39 is 35.1 Å². The van der Waals surface area contributed by atoms with Gasteiger partial charge in [-0.25, -0.2) is 9.78 Å². The maximum atomic E-state index is 12.4. The van der Waals surface area contributed by atoms with Gasteiger partial charge in [-0.05, 0) is 20.8 Å². The molecule has 0 aliphatic heterocycles. The number of nitrogens with zero attached hydrogens (tertiary/aromatic N) is 1. The van der Waals surface area contributed by atoms with Crippen molar-refractivity contribution in [3.05, 3.63) is 22.2 Å². The Morgan fingerprint density at radius 3 is 2.42 bits per heavy atom. The summed E-state index contributed by atoms with van der Waals surface area (Å²) in [7, 11) is 0. The fraction of sp³-hybridized carbons (Fsp3) is 0.500. The minimum Gasteiger partial charge on any atom is -0.444 e. The van der Waals surface area contributed by atoms with Crippen molar-refractivity contribution in [2.45, 2.75) is 32.5 Å². The van der Waals surface area contributed by atoms with E-state index >= 15 is 0 Å². The van der Waals surface area contributed by atoms with E-state index in [0.717, 1.165) is 6.07 Å². The maximum absolute atomic E-state index is 12.4. The molecule has 0 saturated heterocycles. The molecule has 1 rings (SSSR count). The summed E-state index contributed by atoms with van der Waals surface area (Å²) in [4.78, 5) is 27.0. The molecular formula is C10H12F3N3O3. The molecule has 1 amide bonds. The first-order valence-corrected chi connectivity index (χ1v) is 5.16. The van der Waals surface area contributed by atoms with Gasteiger partial charge < -0.3 is 9.72 Å². The number of aromatic amines is 1. The molecule has 0 radical (unpaired) electrons. The fourth-order valence-electron chi connectivity index (χ4n) is 1.06. The van der Waals surface area contributed by atoms with Gasteiger partial charge in [-0.2, -0.15) is 13.2 Å². The van der Waals surface area contributed by atoms with E-state index in [4.69, 9.17) is 4.74 Å². The van der Waals surface area contributed by atoms with Crippen molar-refractivity contribution >= 4 is 11.9 Å². The molecule has 0 spiro atoms. The minimum absolute atomic E-state index is 0.537. The molecule has 1 aromatic heterocycles. The summed E-state index contributed by atoms with van der Waals surface area (Å²) in [6.07, 6.45) is -5.82. The van der Waals surface area contributed by atoms with Crippen LogP contribution in [0.4, 0.5) is 23.8 Å². The van der Waals surface area contributed by atoms with Crippen molar-refractivity contribution in [1.82, 2.24) is 9.97 Å². The molecule has 2 N–H and O–H groups in total. The van der Waals surface area contributed by atoms with Crippen LogP contribution in [0.15, 0.2) is 10.9 Å². The lowest BCUT2D eigenvalue weighted by Gasteiger charge is -2.19. The summed E-state index contributed by atoms with van der Waals surface area (Å²) in [5, 5.41) is 1.96. The first-order chi connectivity index (χ1) is 8.47. The van der Waals surface area contributed by atoms with Gasteiger partial charge >= 0.3 is 12.3 Å². The number of rotatable bonds is 1. The van der Waals surface area contributed by atoms with E-state index in [1.807, 2.05) is 5.32 Å². The van der Waals surface area contributed by atoms with Crippen LogP contribution in [0.5, 0.6) is 0 Å². The zero-order valence-electron chi connectivity index (χ0n) is 10.4. The number of hydrogen-bond acceptors (Lipinski definition) is 4. The Morgan fingerprint density at radius 2 is 1.95 bits per heavy atom. The Kier molecular flexibility index (Phi) is 3.87. The lowest BCUT2D eigenvalue weighted by atomic mass is 10.2. The van der Waals surface area contributed by atoms with Crippen molar-refractivity contribution in [3.8, 4) is 0 Å². The third-order valence-corrected chi connectivity index (χ3v) is 1.64. The summed E-state index contributed by atoms with van der Waals surface area (Å²) in [6.45, 7) is 4.75. The number of H-pyrrole nitrogens is 1. The highest BCUT2D eigenvalue weighted by Crippen LogP contribution is 2.25. The van der Waals surface area contributed by atoms with Crippen LogP contribution in [0.25, 0.3) is 0 Å². The number of halogens is 3. The van der Waals surface area contributed by atoms with E-state index in [2.05, 4.69) is 4.98 Å². The largest absolute Gasteiger partial charge is 0.449 e. The number of hydrogen-bond donors (Lipinski definition) is 2. The Bertz CT molecular complexity index is 531. The summed E-state index contributed by atoms with van der Waals surface area (Å²) in [5.74, 6) is -2.03. The van der Waals surface area contributed by atoms with E-state index in [-0.39, 0.29) is 0 Å². The average Bonchev–Trinajstić information content (AvgIpc) is 2.11. The van der Waals surface area contributed by atoms with Gasteiger partial charge in [-0.1, -0.05) is 0 Å². The van der Waals surface area contributed by atoms with Crippen LogP contribution in [0, 0.1) is 0 Å².